The first-order valence-electron chi connectivity index (χ1n) is 6.62. The summed E-state index contributed by atoms with van der Waals surface area (Å²) in [5.74, 6) is -0.630. The Hall–Kier alpha value is -1.76. The first-order chi connectivity index (χ1) is 9.52. The Kier molecular flexibility index (Phi) is 4.49. The third-order valence-electron chi connectivity index (χ3n) is 2.90. The Balaban J connectivity index is 2.25. The standard InChI is InChI=1S/C13H18N4O2S/c1-4-5-10-11(13(18)19)15-16-17(10)6-9-7-20-12(14-9)8(2)3/h7-8H,4-6H2,1-3H3,(H,18,19). The van der Waals surface area contributed by atoms with Crippen LogP contribution in [0.2, 0.25) is 0 Å². The van der Waals surface area contributed by atoms with Crippen LogP contribution in [0.15, 0.2) is 5.38 Å². The van der Waals surface area contributed by atoms with E-state index in [9.17, 15) is 4.79 Å². The Morgan fingerprint density at radius 2 is 2.25 bits per heavy atom. The van der Waals surface area contributed by atoms with Crippen LogP contribution in [-0.2, 0) is 13.0 Å². The summed E-state index contributed by atoms with van der Waals surface area (Å²) in [4.78, 5) is 15.7. The molecule has 7 heteroatoms. The maximum atomic E-state index is 11.1. The minimum absolute atomic E-state index is 0.0474. The summed E-state index contributed by atoms with van der Waals surface area (Å²) in [5.41, 5.74) is 1.61. The second-order valence-corrected chi connectivity index (χ2v) is 5.82. The number of rotatable bonds is 6. The molecule has 0 bridgehead atoms. The quantitative estimate of drug-likeness (QED) is 0.885. The zero-order chi connectivity index (χ0) is 14.7. The summed E-state index contributed by atoms with van der Waals surface area (Å²) in [6.45, 7) is 6.67. The molecule has 0 fully saturated rings. The van der Waals surface area contributed by atoms with E-state index in [1.165, 1.54) is 0 Å². The van der Waals surface area contributed by atoms with Crippen molar-refractivity contribution in [3.05, 3.63) is 27.5 Å². The van der Waals surface area contributed by atoms with Gasteiger partial charge in [0.25, 0.3) is 0 Å². The number of thiazole rings is 1. The molecule has 0 atom stereocenters. The lowest BCUT2D eigenvalue weighted by Crippen LogP contribution is -2.09. The molecule has 20 heavy (non-hydrogen) atoms. The monoisotopic (exact) mass is 294 g/mol. The molecule has 0 unspecified atom stereocenters. The van der Waals surface area contributed by atoms with Crippen molar-refractivity contribution in [2.24, 2.45) is 0 Å². The Morgan fingerprint density at radius 3 is 2.80 bits per heavy atom. The van der Waals surface area contributed by atoms with Gasteiger partial charge in [0.15, 0.2) is 5.69 Å². The van der Waals surface area contributed by atoms with Crippen LogP contribution in [0.25, 0.3) is 0 Å². The van der Waals surface area contributed by atoms with Crippen molar-refractivity contribution in [1.29, 1.82) is 0 Å². The van der Waals surface area contributed by atoms with E-state index in [4.69, 9.17) is 5.11 Å². The number of aromatic nitrogens is 4. The lowest BCUT2D eigenvalue weighted by atomic mass is 10.2. The molecule has 0 aliphatic carbocycles. The highest BCUT2D eigenvalue weighted by Crippen LogP contribution is 2.20. The number of hydrogen-bond donors (Lipinski definition) is 1. The van der Waals surface area contributed by atoms with Gasteiger partial charge in [-0.05, 0) is 6.42 Å². The molecule has 0 radical (unpaired) electrons. The molecule has 0 saturated carbocycles. The predicted octanol–water partition coefficient (Wildman–Crippen LogP) is 2.56. The lowest BCUT2D eigenvalue weighted by Gasteiger charge is -2.04. The topological polar surface area (TPSA) is 80.9 Å². The van der Waals surface area contributed by atoms with Gasteiger partial charge in [0.1, 0.15) is 0 Å². The average molecular weight is 294 g/mol. The smallest absolute Gasteiger partial charge is 0.358 e. The summed E-state index contributed by atoms with van der Waals surface area (Å²) in [6.07, 6.45) is 1.50. The zero-order valence-corrected chi connectivity index (χ0v) is 12.6. The fourth-order valence-corrected chi connectivity index (χ4v) is 2.75. The van der Waals surface area contributed by atoms with Crippen LogP contribution in [0, 0.1) is 0 Å². The van der Waals surface area contributed by atoms with E-state index in [-0.39, 0.29) is 5.69 Å². The van der Waals surface area contributed by atoms with Gasteiger partial charge >= 0.3 is 5.97 Å². The summed E-state index contributed by atoms with van der Waals surface area (Å²) in [6, 6.07) is 0. The predicted molar refractivity (Wildman–Crippen MR) is 76.3 cm³/mol. The number of nitrogens with zero attached hydrogens (tertiary/aromatic N) is 4. The normalized spacial score (nSPS) is 11.2. The van der Waals surface area contributed by atoms with Crippen molar-refractivity contribution in [3.63, 3.8) is 0 Å². The molecule has 6 nitrogen and oxygen atoms in total. The van der Waals surface area contributed by atoms with Gasteiger partial charge in [0, 0.05) is 11.3 Å². The van der Waals surface area contributed by atoms with E-state index in [2.05, 4.69) is 29.1 Å². The van der Waals surface area contributed by atoms with Gasteiger partial charge in [0.2, 0.25) is 0 Å². The van der Waals surface area contributed by atoms with Gasteiger partial charge < -0.3 is 5.11 Å². The Morgan fingerprint density at radius 1 is 1.50 bits per heavy atom. The molecule has 2 aromatic rings. The molecule has 0 aromatic carbocycles. The van der Waals surface area contributed by atoms with E-state index in [1.807, 2.05) is 12.3 Å². The third-order valence-corrected chi connectivity index (χ3v) is 4.10. The van der Waals surface area contributed by atoms with Crippen LogP contribution in [0.1, 0.15) is 60.0 Å². The summed E-state index contributed by atoms with van der Waals surface area (Å²) >= 11 is 1.62. The highest BCUT2D eigenvalue weighted by Gasteiger charge is 2.19. The second-order valence-electron chi connectivity index (χ2n) is 4.93. The molecule has 108 valence electrons. The van der Waals surface area contributed by atoms with Gasteiger partial charge in [0.05, 0.1) is 22.9 Å². The highest BCUT2D eigenvalue weighted by molar-refractivity contribution is 7.09. The average Bonchev–Trinajstić information content (AvgIpc) is 2.98. The van der Waals surface area contributed by atoms with Crippen LogP contribution < -0.4 is 0 Å². The minimum atomic E-state index is -1.03. The fourth-order valence-electron chi connectivity index (χ4n) is 1.92. The molecular weight excluding hydrogens is 276 g/mol. The van der Waals surface area contributed by atoms with Crippen LogP contribution in [0.5, 0.6) is 0 Å². The number of hydrogen-bond acceptors (Lipinski definition) is 5. The molecule has 0 aliphatic rings. The molecule has 2 heterocycles. The van der Waals surface area contributed by atoms with Gasteiger partial charge in [-0.3, -0.25) is 0 Å². The second kappa shape index (κ2) is 6.13. The van der Waals surface area contributed by atoms with Crippen LogP contribution in [0.4, 0.5) is 0 Å². The van der Waals surface area contributed by atoms with E-state index in [0.717, 1.165) is 17.1 Å². The van der Waals surface area contributed by atoms with Crippen LogP contribution in [-0.4, -0.2) is 31.1 Å². The van der Waals surface area contributed by atoms with Gasteiger partial charge in [-0.15, -0.1) is 16.4 Å². The number of aromatic carboxylic acids is 1. The largest absolute Gasteiger partial charge is 0.476 e. The number of carboxylic acids is 1. The van der Waals surface area contributed by atoms with Crippen LogP contribution in [0.3, 0.4) is 0 Å². The van der Waals surface area contributed by atoms with Gasteiger partial charge in [-0.25, -0.2) is 14.5 Å². The van der Waals surface area contributed by atoms with E-state index < -0.39 is 5.97 Å². The van der Waals surface area contributed by atoms with Crippen molar-refractivity contribution in [2.45, 2.75) is 46.1 Å². The molecule has 2 aromatic heterocycles. The first kappa shape index (κ1) is 14.6. The van der Waals surface area contributed by atoms with E-state index in [1.54, 1.807) is 16.0 Å². The van der Waals surface area contributed by atoms with Crippen molar-refractivity contribution in [1.82, 2.24) is 20.0 Å². The van der Waals surface area contributed by atoms with Crippen molar-refractivity contribution in [2.75, 3.05) is 0 Å². The summed E-state index contributed by atoms with van der Waals surface area (Å²) in [7, 11) is 0. The Labute approximate surface area is 121 Å². The summed E-state index contributed by atoms with van der Waals surface area (Å²) in [5, 5.41) is 19.9. The highest BCUT2D eigenvalue weighted by atomic mass is 32.1. The maximum Gasteiger partial charge on any atom is 0.358 e. The van der Waals surface area contributed by atoms with E-state index in [0.29, 0.717) is 24.6 Å². The molecule has 1 N–H and O–H groups in total. The fraction of sp³-hybridized carbons (Fsp3) is 0.538. The van der Waals surface area contributed by atoms with Crippen LogP contribution >= 0.6 is 11.3 Å². The molecule has 2 rings (SSSR count). The number of carbonyl (C=O) groups is 1. The molecular formula is C13H18N4O2S. The van der Waals surface area contributed by atoms with Gasteiger partial charge in [-0.2, -0.15) is 0 Å². The molecule has 0 aliphatic heterocycles. The molecule has 0 amide bonds. The SMILES string of the molecule is CCCc1c(C(=O)O)nnn1Cc1csc(C(C)C)n1. The summed E-state index contributed by atoms with van der Waals surface area (Å²) < 4.78 is 1.64. The Bertz CT molecular complexity index is 603. The van der Waals surface area contributed by atoms with Gasteiger partial charge in [-0.1, -0.05) is 32.4 Å². The molecule has 0 saturated heterocycles. The van der Waals surface area contributed by atoms with E-state index >= 15 is 0 Å². The zero-order valence-electron chi connectivity index (χ0n) is 11.8. The molecule has 0 spiro atoms. The number of carboxylic acid groups (broad SMARTS) is 1. The lowest BCUT2D eigenvalue weighted by molar-refractivity contribution is 0.0689. The third kappa shape index (κ3) is 3.04. The van der Waals surface area contributed by atoms with Crippen molar-refractivity contribution >= 4 is 17.3 Å². The maximum absolute atomic E-state index is 11.1. The first-order valence-corrected chi connectivity index (χ1v) is 7.50. The minimum Gasteiger partial charge on any atom is -0.476 e. The van der Waals surface area contributed by atoms with Crippen molar-refractivity contribution in [3.8, 4) is 0 Å². The van der Waals surface area contributed by atoms with Crippen molar-refractivity contribution < 1.29 is 9.90 Å².